The number of methoxy groups -OCH3 is 1. The minimum absolute atomic E-state index is 0.0713. The molecule has 0 aliphatic carbocycles. The highest BCUT2D eigenvalue weighted by Crippen LogP contribution is 2.27. The van der Waals surface area contributed by atoms with Crippen molar-refractivity contribution in [2.24, 2.45) is 0 Å². The molecule has 0 unspecified atom stereocenters. The summed E-state index contributed by atoms with van der Waals surface area (Å²) in [6.07, 6.45) is -4.41. The van der Waals surface area contributed by atoms with E-state index in [0.717, 1.165) is 0 Å². The molecule has 1 aromatic carbocycles. The molecule has 0 saturated heterocycles. The fourth-order valence-electron chi connectivity index (χ4n) is 1.50. The average molecular weight is 306 g/mol. The topological polar surface area (TPSA) is 59.6 Å². The lowest BCUT2D eigenvalue weighted by molar-refractivity contribution is -0.153. The predicted octanol–water partition coefficient (Wildman–Crippen LogP) is 2.70. The second-order valence-corrected chi connectivity index (χ2v) is 4.21. The third-order valence-corrected chi connectivity index (χ3v) is 2.52. The van der Waals surface area contributed by atoms with Crippen LogP contribution in [0.15, 0.2) is 18.2 Å². The second kappa shape index (κ2) is 7.72. The predicted molar refractivity (Wildman–Crippen MR) is 71.6 cm³/mol. The van der Waals surface area contributed by atoms with Gasteiger partial charge in [-0.15, -0.1) is 0 Å². The highest BCUT2D eigenvalue weighted by molar-refractivity contribution is 5.90. The molecule has 0 heterocycles. The molecule has 0 fully saturated rings. The van der Waals surface area contributed by atoms with Crippen LogP contribution in [0.25, 0.3) is 0 Å². The Balaban J connectivity index is 2.65. The third kappa shape index (κ3) is 6.35. The van der Waals surface area contributed by atoms with Gasteiger partial charge in [0.2, 0.25) is 0 Å². The number of halogens is 3. The summed E-state index contributed by atoms with van der Waals surface area (Å²) >= 11 is 0. The summed E-state index contributed by atoms with van der Waals surface area (Å²) in [7, 11) is 1.51. The van der Waals surface area contributed by atoms with Gasteiger partial charge in [0.25, 0.3) is 0 Å². The number of nitrogens with one attached hydrogen (secondary N) is 2. The SMILES string of the molecule is COCCNC(=O)Nc1cccc(OCC(F)(F)F)c1C. The number of carbonyl (C=O) groups is 1. The first-order chi connectivity index (χ1) is 9.83. The molecule has 1 aromatic rings. The number of anilines is 1. The zero-order chi connectivity index (χ0) is 15.9. The van der Waals surface area contributed by atoms with Crippen LogP contribution in [0.3, 0.4) is 0 Å². The highest BCUT2D eigenvalue weighted by atomic mass is 19.4. The van der Waals surface area contributed by atoms with Crippen LogP contribution in [0.1, 0.15) is 5.56 Å². The van der Waals surface area contributed by atoms with Crippen molar-refractivity contribution in [3.8, 4) is 5.75 Å². The lowest BCUT2D eigenvalue weighted by Gasteiger charge is -2.15. The van der Waals surface area contributed by atoms with Crippen molar-refractivity contribution in [1.29, 1.82) is 0 Å². The lowest BCUT2D eigenvalue weighted by atomic mass is 10.2. The summed E-state index contributed by atoms with van der Waals surface area (Å²) < 4.78 is 45.9. The van der Waals surface area contributed by atoms with Gasteiger partial charge in [-0.2, -0.15) is 13.2 Å². The van der Waals surface area contributed by atoms with E-state index in [2.05, 4.69) is 10.6 Å². The van der Waals surface area contributed by atoms with Gasteiger partial charge >= 0.3 is 12.2 Å². The van der Waals surface area contributed by atoms with Gasteiger partial charge in [0.05, 0.1) is 6.61 Å². The minimum Gasteiger partial charge on any atom is -0.484 e. The van der Waals surface area contributed by atoms with Crippen LogP contribution in [0.2, 0.25) is 0 Å². The number of benzene rings is 1. The largest absolute Gasteiger partial charge is 0.484 e. The molecule has 2 amide bonds. The van der Waals surface area contributed by atoms with E-state index in [9.17, 15) is 18.0 Å². The van der Waals surface area contributed by atoms with Crippen molar-refractivity contribution < 1.29 is 27.4 Å². The third-order valence-electron chi connectivity index (χ3n) is 2.52. The molecule has 0 saturated carbocycles. The zero-order valence-electron chi connectivity index (χ0n) is 11.7. The van der Waals surface area contributed by atoms with Gasteiger partial charge in [0, 0.05) is 24.9 Å². The van der Waals surface area contributed by atoms with Crippen LogP contribution >= 0.6 is 0 Å². The molecule has 0 atom stereocenters. The van der Waals surface area contributed by atoms with E-state index < -0.39 is 18.8 Å². The molecule has 0 aliphatic rings. The molecule has 1 rings (SSSR count). The Labute approximate surface area is 120 Å². The summed E-state index contributed by atoms with van der Waals surface area (Å²) in [6.45, 7) is 0.876. The lowest BCUT2D eigenvalue weighted by Crippen LogP contribution is -2.31. The van der Waals surface area contributed by atoms with Crippen LogP contribution in [-0.2, 0) is 4.74 Å². The van der Waals surface area contributed by atoms with Gasteiger partial charge in [-0.05, 0) is 19.1 Å². The van der Waals surface area contributed by atoms with Gasteiger partial charge in [-0.1, -0.05) is 6.07 Å². The first-order valence-corrected chi connectivity index (χ1v) is 6.16. The monoisotopic (exact) mass is 306 g/mol. The quantitative estimate of drug-likeness (QED) is 0.794. The van der Waals surface area contributed by atoms with Crippen LogP contribution < -0.4 is 15.4 Å². The Morgan fingerprint density at radius 1 is 1.33 bits per heavy atom. The summed E-state index contributed by atoms with van der Waals surface area (Å²) in [5.41, 5.74) is 0.799. The maximum absolute atomic E-state index is 12.1. The van der Waals surface area contributed by atoms with E-state index in [1.54, 1.807) is 13.0 Å². The number of carbonyl (C=O) groups excluding carboxylic acids is 1. The van der Waals surface area contributed by atoms with E-state index in [-0.39, 0.29) is 5.75 Å². The zero-order valence-corrected chi connectivity index (χ0v) is 11.7. The Morgan fingerprint density at radius 2 is 2.05 bits per heavy atom. The molecule has 0 radical (unpaired) electrons. The number of hydrogen-bond donors (Lipinski definition) is 2. The van der Waals surface area contributed by atoms with E-state index in [1.165, 1.54) is 19.2 Å². The fraction of sp³-hybridized carbons (Fsp3) is 0.462. The molecular formula is C13H17F3N2O3. The van der Waals surface area contributed by atoms with Gasteiger partial charge in [-0.3, -0.25) is 0 Å². The van der Waals surface area contributed by atoms with Gasteiger partial charge in [0.15, 0.2) is 6.61 Å². The first kappa shape index (κ1) is 17.1. The Morgan fingerprint density at radius 3 is 2.67 bits per heavy atom. The molecule has 5 nitrogen and oxygen atoms in total. The van der Waals surface area contributed by atoms with Crippen molar-refractivity contribution >= 4 is 11.7 Å². The van der Waals surface area contributed by atoms with Crippen molar-refractivity contribution in [3.05, 3.63) is 23.8 Å². The summed E-state index contributed by atoms with van der Waals surface area (Å²) in [5.74, 6) is 0.0713. The molecule has 0 aliphatic heterocycles. The summed E-state index contributed by atoms with van der Waals surface area (Å²) in [5, 5.41) is 5.08. The summed E-state index contributed by atoms with van der Waals surface area (Å²) in [6, 6.07) is 4.02. The van der Waals surface area contributed by atoms with E-state index in [1.807, 2.05) is 0 Å². The molecule has 0 bridgehead atoms. The number of amides is 2. The molecule has 0 aromatic heterocycles. The number of alkyl halides is 3. The van der Waals surface area contributed by atoms with Crippen molar-refractivity contribution in [3.63, 3.8) is 0 Å². The smallest absolute Gasteiger partial charge is 0.422 e. The Kier molecular flexibility index (Phi) is 6.29. The Hall–Kier alpha value is -1.96. The van der Waals surface area contributed by atoms with Crippen molar-refractivity contribution in [2.45, 2.75) is 13.1 Å². The van der Waals surface area contributed by atoms with E-state index in [0.29, 0.717) is 24.4 Å². The number of rotatable bonds is 6. The number of hydrogen-bond acceptors (Lipinski definition) is 3. The molecule has 0 spiro atoms. The average Bonchev–Trinajstić information content (AvgIpc) is 2.39. The standard InChI is InChI=1S/C13H17F3N2O3/c1-9-10(18-12(19)17-6-7-20-2)4-3-5-11(9)21-8-13(14,15)16/h3-5H,6-8H2,1-2H3,(H2,17,18,19). The number of urea groups is 1. The molecule has 8 heteroatoms. The fourth-order valence-corrected chi connectivity index (χ4v) is 1.50. The van der Waals surface area contributed by atoms with Crippen LogP contribution in [0.5, 0.6) is 5.75 Å². The maximum Gasteiger partial charge on any atom is 0.422 e. The first-order valence-electron chi connectivity index (χ1n) is 6.16. The van der Waals surface area contributed by atoms with Gasteiger partial charge in [0.1, 0.15) is 5.75 Å². The van der Waals surface area contributed by atoms with Crippen LogP contribution in [-0.4, -0.2) is 39.1 Å². The highest BCUT2D eigenvalue weighted by Gasteiger charge is 2.28. The van der Waals surface area contributed by atoms with E-state index >= 15 is 0 Å². The Bertz CT molecular complexity index is 478. The van der Waals surface area contributed by atoms with Gasteiger partial charge in [-0.25, -0.2) is 4.79 Å². The second-order valence-electron chi connectivity index (χ2n) is 4.21. The minimum atomic E-state index is -4.41. The summed E-state index contributed by atoms with van der Waals surface area (Å²) in [4.78, 5) is 11.6. The molecule has 2 N–H and O–H groups in total. The molecular weight excluding hydrogens is 289 g/mol. The van der Waals surface area contributed by atoms with Crippen molar-refractivity contribution in [2.75, 3.05) is 32.2 Å². The van der Waals surface area contributed by atoms with Gasteiger partial charge < -0.3 is 20.1 Å². The normalized spacial score (nSPS) is 11.1. The van der Waals surface area contributed by atoms with E-state index in [4.69, 9.17) is 9.47 Å². The maximum atomic E-state index is 12.1. The number of ether oxygens (including phenoxy) is 2. The molecule has 21 heavy (non-hydrogen) atoms. The molecule has 118 valence electrons. The van der Waals surface area contributed by atoms with Crippen molar-refractivity contribution in [1.82, 2.24) is 5.32 Å². The van der Waals surface area contributed by atoms with Crippen LogP contribution in [0, 0.1) is 6.92 Å². The van der Waals surface area contributed by atoms with Crippen LogP contribution in [0.4, 0.5) is 23.7 Å².